The summed E-state index contributed by atoms with van der Waals surface area (Å²) in [5, 5.41) is 10.8. The molecule has 0 aromatic heterocycles. The Morgan fingerprint density at radius 1 is 0.329 bits per heavy atom. The molecular formula is C66H68N2Si2. The molecule has 0 spiro atoms. The molecule has 0 saturated carbocycles. The maximum Gasteiger partial charge on any atom is 0.0776 e. The molecule has 0 heterocycles. The summed E-state index contributed by atoms with van der Waals surface area (Å²) < 4.78 is 0. The van der Waals surface area contributed by atoms with Crippen LogP contribution in [0.3, 0.4) is 0 Å². The normalized spacial score (nSPS) is 12.3. The molecule has 10 aromatic rings. The first-order chi connectivity index (χ1) is 33.5. The van der Waals surface area contributed by atoms with Gasteiger partial charge in [0.1, 0.15) is 0 Å². The van der Waals surface area contributed by atoms with Gasteiger partial charge in [-0.3, -0.25) is 0 Å². The van der Waals surface area contributed by atoms with Crippen molar-refractivity contribution in [2.24, 2.45) is 0 Å². The smallest absolute Gasteiger partial charge is 0.0776 e. The molecule has 0 amide bonds. The van der Waals surface area contributed by atoms with Crippen molar-refractivity contribution in [3.8, 4) is 22.3 Å². The maximum atomic E-state index is 2.60. The van der Waals surface area contributed by atoms with Crippen molar-refractivity contribution in [2.75, 3.05) is 9.80 Å². The predicted molar refractivity (Wildman–Crippen MR) is 314 cm³/mol. The third kappa shape index (κ3) is 8.56. The SMILES string of the molecule is Cc1ccc(-c2ccccc2)cc1N(c1cccc([Si](C)(C)C)c1)c1cc(C(C)C)c2ccc3c(N(c4cccc([Si](C)(C)C)c4)c4cc(-c5ccccc5)ccc4C)cc(C(C)C)c4ccc1c2c43. The number of hydrogen-bond acceptors (Lipinski definition) is 2. The van der Waals surface area contributed by atoms with Crippen molar-refractivity contribution >= 4 is 93.0 Å². The summed E-state index contributed by atoms with van der Waals surface area (Å²) >= 11 is 0. The van der Waals surface area contributed by atoms with E-state index in [1.807, 2.05) is 0 Å². The summed E-state index contributed by atoms with van der Waals surface area (Å²) in [6.45, 7) is 28.8. The monoisotopic (exact) mass is 944 g/mol. The Bertz CT molecular complexity index is 3300. The zero-order valence-corrected chi connectivity index (χ0v) is 45.4. The number of hydrogen-bond donors (Lipinski definition) is 0. The Morgan fingerprint density at radius 2 is 0.700 bits per heavy atom. The molecule has 10 aromatic carbocycles. The number of benzene rings is 10. The fraction of sp³-hybridized carbons (Fsp3) is 0.212. The first-order valence-electron chi connectivity index (χ1n) is 25.4. The van der Waals surface area contributed by atoms with Crippen LogP contribution >= 0.6 is 0 Å². The third-order valence-electron chi connectivity index (χ3n) is 14.7. The second kappa shape index (κ2) is 18.2. The summed E-state index contributed by atoms with van der Waals surface area (Å²) in [5.41, 5.74) is 17.3. The zero-order valence-electron chi connectivity index (χ0n) is 43.4. The lowest BCUT2D eigenvalue weighted by molar-refractivity contribution is 0.875. The molecule has 0 atom stereocenters. The largest absolute Gasteiger partial charge is 0.310 e. The van der Waals surface area contributed by atoms with Crippen LogP contribution in [0, 0.1) is 13.8 Å². The lowest BCUT2D eigenvalue weighted by atomic mass is 9.84. The van der Waals surface area contributed by atoms with Crippen molar-refractivity contribution in [1.82, 2.24) is 0 Å². The summed E-state index contributed by atoms with van der Waals surface area (Å²) in [6, 6.07) is 69.5. The van der Waals surface area contributed by atoms with Crippen molar-refractivity contribution in [1.29, 1.82) is 0 Å². The second-order valence-electron chi connectivity index (χ2n) is 22.4. The third-order valence-corrected chi connectivity index (χ3v) is 18.8. The van der Waals surface area contributed by atoms with E-state index in [0.717, 1.165) is 0 Å². The Balaban J connectivity index is 1.33. The fourth-order valence-corrected chi connectivity index (χ4v) is 13.0. The Labute approximate surface area is 419 Å². The molecule has 0 saturated heterocycles. The fourth-order valence-electron chi connectivity index (χ4n) is 10.7. The molecule has 0 unspecified atom stereocenters. The first kappa shape index (κ1) is 47.0. The van der Waals surface area contributed by atoms with E-state index in [4.69, 9.17) is 0 Å². The van der Waals surface area contributed by atoms with Gasteiger partial charge in [0.15, 0.2) is 0 Å². The van der Waals surface area contributed by atoms with Gasteiger partial charge in [-0.1, -0.05) is 211 Å². The van der Waals surface area contributed by atoms with E-state index < -0.39 is 16.1 Å². The predicted octanol–water partition coefficient (Wildman–Crippen LogP) is 18.8. The Hall–Kier alpha value is -6.73. The number of aryl methyl sites for hydroxylation is 2. The minimum absolute atomic E-state index is 0.281. The topological polar surface area (TPSA) is 6.48 Å². The molecule has 4 heteroatoms. The van der Waals surface area contributed by atoms with Crippen LogP contribution < -0.4 is 20.2 Å². The lowest BCUT2D eigenvalue weighted by Crippen LogP contribution is -2.37. The molecule has 0 aliphatic carbocycles. The van der Waals surface area contributed by atoms with E-state index in [1.165, 1.54) is 121 Å². The van der Waals surface area contributed by atoms with Crippen LogP contribution in [0.2, 0.25) is 39.3 Å². The summed E-state index contributed by atoms with van der Waals surface area (Å²) in [6.07, 6.45) is 0. The Kier molecular flexibility index (Phi) is 12.2. The van der Waals surface area contributed by atoms with Crippen molar-refractivity contribution in [3.05, 3.63) is 204 Å². The molecule has 70 heavy (non-hydrogen) atoms. The standard InChI is InChI=1S/C66H68N2Si2/c1-43(2)59-41-63(67(51-25-19-27-53(39-51)69(7,8)9)61-37-49(31-29-45(61)5)47-21-15-13-16-22-47)57-36-34-56-60(44(3)4)42-64(58-35-33-55(59)65(57)66(56)58)68(52-26-20-28-54(40-52)70(10,11)12)62-38-50(32-30-46(62)6)48-23-17-14-18-24-48/h13-44H,1-12H3. The van der Waals surface area contributed by atoms with Crippen molar-refractivity contribution in [2.45, 2.75) is 92.7 Å². The van der Waals surface area contributed by atoms with E-state index in [0.29, 0.717) is 0 Å². The van der Waals surface area contributed by atoms with Crippen LogP contribution in [0.5, 0.6) is 0 Å². The van der Waals surface area contributed by atoms with Gasteiger partial charge < -0.3 is 9.80 Å². The molecule has 0 aliphatic rings. The van der Waals surface area contributed by atoms with Crippen LogP contribution in [0.4, 0.5) is 34.1 Å². The molecule has 0 aliphatic heterocycles. The van der Waals surface area contributed by atoms with Gasteiger partial charge in [-0.05, 0) is 140 Å². The Morgan fingerprint density at radius 3 is 1.06 bits per heavy atom. The van der Waals surface area contributed by atoms with Crippen LogP contribution in [-0.4, -0.2) is 16.1 Å². The number of anilines is 6. The highest BCUT2D eigenvalue weighted by molar-refractivity contribution is 6.89. The highest BCUT2D eigenvalue weighted by Crippen LogP contribution is 2.52. The van der Waals surface area contributed by atoms with Crippen molar-refractivity contribution in [3.63, 3.8) is 0 Å². The second-order valence-corrected chi connectivity index (χ2v) is 32.5. The van der Waals surface area contributed by atoms with Gasteiger partial charge in [0.2, 0.25) is 0 Å². The summed E-state index contributed by atoms with van der Waals surface area (Å²) in [5.74, 6) is 0.562. The van der Waals surface area contributed by atoms with Crippen LogP contribution in [0.1, 0.15) is 61.8 Å². The minimum Gasteiger partial charge on any atom is -0.310 e. The van der Waals surface area contributed by atoms with Gasteiger partial charge in [0.05, 0.1) is 27.5 Å². The average molecular weight is 945 g/mol. The molecule has 0 N–H and O–H groups in total. The first-order valence-corrected chi connectivity index (χ1v) is 32.4. The number of nitrogens with zero attached hydrogens (tertiary/aromatic N) is 2. The minimum atomic E-state index is -1.69. The van der Waals surface area contributed by atoms with Crippen LogP contribution in [-0.2, 0) is 0 Å². The summed E-state index contributed by atoms with van der Waals surface area (Å²) in [4.78, 5) is 5.19. The highest BCUT2D eigenvalue weighted by atomic mass is 28.3. The van der Waals surface area contributed by atoms with E-state index in [9.17, 15) is 0 Å². The van der Waals surface area contributed by atoms with E-state index in [1.54, 1.807) is 0 Å². The molecule has 350 valence electrons. The molecule has 0 radical (unpaired) electrons. The highest BCUT2D eigenvalue weighted by Gasteiger charge is 2.29. The quantitative estimate of drug-likeness (QED) is 0.0889. The molecular weight excluding hydrogens is 877 g/mol. The van der Waals surface area contributed by atoms with Crippen LogP contribution in [0.25, 0.3) is 54.6 Å². The van der Waals surface area contributed by atoms with Gasteiger partial charge in [-0.15, -0.1) is 0 Å². The molecule has 2 nitrogen and oxygen atoms in total. The van der Waals surface area contributed by atoms with E-state index >= 15 is 0 Å². The van der Waals surface area contributed by atoms with E-state index in [-0.39, 0.29) is 11.8 Å². The maximum absolute atomic E-state index is 2.60. The molecule has 0 fully saturated rings. The zero-order chi connectivity index (χ0) is 49.2. The van der Waals surface area contributed by atoms with Crippen molar-refractivity contribution < 1.29 is 0 Å². The van der Waals surface area contributed by atoms with Gasteiger partial charge in [-0.2, -0.15) is 0 Å². The molecule has 0 bridgehead atoms. The van der Waals surface area contributed by atoms with E-state index in [2.05, 4.69) is 273 Å². The average Bonchev–Trinajstić information content (AvgIpc) is 3.35. The van der Waals surface area contributed by atoms with Gasteiger partial charge in [-0.25, -0.2) is 0 Å². The van der Waals surface area contributed by atoms with Gasteiger partial charge in [0.25, 0.3) is 0 Å². The molecule has 10 rings (SSSR count). The van der Waals surface area contributed by atoms with Gasteiger partial charge >= 0.3 is 0 Å². The summed E-state index contributed by atoms with van der Waals surface area (Å²) in [7, 11) is -3.37. The number of rotatable bonds is 12. The van der Waals surface area contributed by atoms with Crippen LogP contribution in [0.15, 0.2) is 182 Å². The lowest BCUT2D eigenvalue weighted by Gasteiger charge is -2.33. The van der Waals surface area contributed by atoms with Gasteiger partial charge in [0, 0.05) is 33.5 Å².